The zero-order valence-electron chi connectivity index (χ0n) is 12.6. The molecule has 0 aliphatic heterocycles. The first kappa shape index (κ1) is 13.9. The number of hydrogen-bond acceptors (Lipinski definition) is 2. The van der Waals surface area contributed by atoms with Gasteiger partial charge in [0.1, 0.15) is 6.54 Å². The molecule has 0 N–H and O–H groups in total. The summed E-state index contributed by atoms with van der Waals surface area (Å²) < 4.78 is 0. The third kappa shape index (κ3) is 2.57. The lowest BCUT2D eigenvalue weighted by Crippen LogP contribution is -2.48. The molecule has 0 aromatic rings. The molecule has 3 nitrogen and oxygen atoms in total. The van der Waals surface area contributed by atoms with E-state index < -0.39 is 0 Å². The van der Waals surface area contributed by atoms with E-state index in [0.29, 0.717) is 11.8 Å². The van der Waals surface area contributed by atoms with Crippen molar-refractivity contribution < 1.29 is 4.79 Å². The Morgan fingerprint density at radius 1 is 1.20 bits per heavy atom. The molecule has 0 spiro atoms. The molecular formula is C17H26N2O. The summed E-state index contributed by atoms with van der Waals surface area (Å²) in [5.41, 5.74) is 0.299. The fourth-order valence-electron chi connectivity index (χ4n) is 5.59. The van der Waals surface area contributed by atoms with Gasteiger partial charge in [-0.15, -0.1) is 0 Å². The number of hydrogen-bond donors (Lipinski definition) is 0. The Bertz CT molecular complexity index is 388. The average Bonchev–Trinajstić information content (AvgIpc) is 2.36. The van der Waals surface area contributed by atoms with Crippen LogP contribution >= 0.6 is 0 Å². The van der Waals surface area contributed by atoms with Crippen molar-refractivity contribution in [3.05, 3.63) is 0 Å². The second-order valence-electron chi connectivity index (χ2n) is 7.57. The fourth-order valence-corrected chi connectivity index (χ4v) is 5.59. The van der Waals surface area contributed by atoms with E-state index in [2.05, 4.69) is 13.0 Å². The zero-order valence-corrected chi connectivity index (χ0v) is 12.6. The van der Waals surface area contributed by atoms with E-state index in [4.69, 9.17) is 5.26 Å². The van der Waals surface area contributed by atoms with Gasteiger partial charge in [0.2, 0.25) is 5.91 Å². The molecule has 4 fully saturated rings. The molecule has 0 atom stereocenters. The summed E-state index contributed by atoms with van der Waals surface area (Å²) in [5.74, 6) is 2.91. The van der Waals surface area contributed by atoms with Gasteiger partial charge in [0, 0.05) is 13.0 Å². The Morgan fingerprint density at radius 2 is 1.75 bits per heavy atom. The summed E-state index contributed by atoms with van der Waals surface area (Å²) in [5, 5.41) is 8.90. The van der Waals surface area contributed by atoms with Crippen LogP contribution in [0.5, 0.6) is 0 Å². The highest BCUT2D eigenvalue weighted by atomic mass is 16.2. The Labute approximate surface area is 122 Å². The lowest BCUT2D eigenvalue weighted by Gasteiger charge is -2.57. The summed E-state index contributed by atoms with van der Waals surface area (Å²) in [7, 11) is 0. The van der Waals surface area contributed by atoms with Gasteiger partial charge in [-0.25, -0.2) is 0 Å². The molecule has 4 bridgehead atoms. The van der Waals surface area contributed by atoms with Gasteiger partial charge >= 0.3 is 0 Å². The van der Waals surface area contributed by atoms with Crippen molar-refractivity contribution in [2.24, 2.45) is 23.2 Å². The Morgan fingerprint density at radius 3 is 2.20 bits per heavy atom. The van der Waals surface area contributed by atoms with Crippen molar-refractivity contribution in [1.29, 1.82) is 5.26 Å². The molecule has 0 aromatic carbocycles. The Kier molecular flexibility index (Phi) is 3.75. The van der Waals surface area contributed by atoms with Gasteiger partial charge in [-0.2, -0.15) is 5.26 Å². The van der Waals surface area contributed by atoms with Crippen LogP contribution in [0, 0.1) is 34.5 Å². The molecule has 0 unspecified atom stereocenters. The number of amides is 1. The van der Waals surface area contributed by atoms with Crippen molar-refractivity contribution >= 4 is 5.91 Å². The van der Waals surface area contributed by atoms with E-state index >= 15 is 0 Å². The molecule has 0 radical (unpaired) electrons. The number of nitrogens with zero attached hydrogens (tertiary/aromatic N) is 2. The normalized spacial score (nSPS) is 37.7. The number of nitriles is 1. The van der Waals surface area contributed by atoms with Crippen LogP contribution in [0.2, 0.25) is 0 Å². The molecule has 4 rings (SSSR count). The molecule has 4 aliphatic carbocycles. The SMILES string of the molecule is CCCN(CC#N)C(=O)CC12CC3CC(CC(C3)C1)C2. The van der Waals surface area contributed by atoms with E-state index in [-0.39, 0.29) is 12.5 Å². The highest BCUT2D eigenvalue weighted by molar-refractivity contribution is 5.77. The molecule has 0 aromatic heterocycles. The standard InChI is InChI=1S/C17H26N2O/c1-2-4-19(5-3-18)16(20)12-17-9-13-6-14(10-17)8-15(7-13)11-17/h13-15H,2,4-12H2,1H3. The maximum atomic E-state index is 12.6. The summed E-state index contributed by atoms with van der Waals surface area (Å²) in [4.78, 5) is 14.4. The van der Waals surface area contributed by atoms with Crippen LogP contribution in [0.1, 0.15) is 58.3 Å². The first-order chi connectivity index (χ1) is 9.64. The molecule has 0 saturated heterocycles. The van der Waals surface area contributed by atoms with Gasteiger partial charge in [-0.1, -0.05) is 6.92 Å². The van der Waals surface area contributed by atoms with Crippen LogP contribution in [0.15, 0.2) is 0 Å². The first-order valence-electron chi connectivity index (χ1n) is 8.29. The number of rotatable bonds is 5. The number of carbonyl (C=O) groups excluding carboxylic acids is 1. The van der Waals surface area contributed by atoms with E-state index in [1.165, 1.54) is 38.5 Å². The molecule has 4 aliphatic rings. The largest absolute Gasteiger partial charge is 0.329 e. The van der Waals surface area contributed by atoms with E-state index in [1.807, 2.05) is 0 Å². The Hall–Kier alpha value is -1.04. The predicted octanol–water partition coefficient (Wildman–Crippen LogP) is 3.36. The minimum absolute atomic E-state index is 0.232. The van der Waals surface area contributed by atoms with E-state index in [9.17, 15) is 4.79 Å². The van der Waals surface area contributed by atoms with Crippen molar-refractivity contribution in [2.45, 2.75) is 58.3 Å². The van der Waals surface area contributed by atoms with Gasteiger partial charge in [-0.3, -0.25) is 4.79 Å². The lowest BCUT2D eigenvalue weighted by molar-refractivity contribution is -0.139. The third-order valence-electron chi connectivity index (χ3n) is 5.80. The number of carbonyl (C=O) groups is 1. The van der Waals surface area contributed by atoms with Crippen LogP contribution in [0.3, 0.4) is 0 Å². The quantitative estimate of drug-likeness (QED) is 0.722. The minimum Gasteiger partial charge on any atom is -0.329 e. The van der Waals surface area contributed by atoms with Gasteiger partial charge < -0.3 is 4.90 Å². The van der Waals surface area contributed by atoms with Crippen LogP contribution in [-0.4, -0.2) is 23.9 Å². The highest BCUT2D eigenvalue weighted by Gasteiger charge is 2.51. The summed E-state index contributed by atoms with van der Waals surface area (Å²) in [6.45, 7) is 3.07. The molecule has 110 valence electrons. The van der Waals surface area contributed by atoms with Gasteiger partial charge in [0.15, 0.2) is 0 Å². The van der Waals surface area contributed by atoms with Gasteiger partial charge in [-0.05, 0) is 68.1 Å². The maximum Gasteiger partial charge on any atom is 0.223 e. The highest BCUT2D eigenvalue weighted by Crippen LogP contribution is 2.61. The van der Waals surface area contributed by atoms with Crippen molar-refractivity contribution in [3.63, 3.8) is 0 Å². The first-order valence-corrected chi connectivity index (χ1v) is 8.29. The van der Waals surface area contributed by atoms with Gasteiger partial charge in [0.25, 0.3) is 0 Å². The van der Waals surface area contributed by atoms with E-state index in [1.54, 1.807) is 4.90 Å². The fraction of sp³-hybridized carbons (Fsp3) is 0.882. The second-order valence-corrected chi connectivity index (χ2v) is 7.57. The monoisotopic (exact) mass is 274 g/mol. The van der Waals surface area contributed by atoms with Crippen LogP contribution < -0.4 is 0 Å². The second kappa shape index (κ2) is 5.39. The van der Waals surface area contributed by atoms with E-state index in [0.717, 1.165) is 30.7 Å². The van der Waals surface area contributed by atoms with Crippen molar-refractivity contribution in [2.75, 3.05) is 13.1 Å². The van der Waals surface area contributed by atoms with Crippen molar-refractivity contribution in [3.8, 4) is 6.07 Å². The van der Waals surface area contributed by atoms with Crippen LogP contribution in [0.25, 0.3) is 0 Å². The Balaban J connectivity index is 1.67. The van der Waals surface area contributed by atoms with Gasteiger partial charge in [0.05, 0.1) is 6.07 Å². The van der Waals surface area contributed by atoms with Crippen LogP contribution in [0.4, 0.5) is 0 Å². The third-order valence-corrected chi connectivity index (χ3v) is 5.80. The smallest absolute Gasteiger partial charge is 0.223 e. The summed E-state index contributed by atoms with van der Waals surface area (Å²) >= 11 is 0. The maximum absolute atomic E-state index is 12.6. The predicted molar refractivity (Wildman–Crippen MR) is 77.7 cm³/mol. The lowest BCUT2D eigenvalue weighted by atomic mass is 9.49. The minimum atomic E-state index is 0.232. The molecule has 4 saturated carbocycles. The molecular weight excluding hydrogens is 248 g/mol. The summed E-state index contributed by atoms with van der Waals surface area (Å²) in [6.07, 6.45) is 9.73. The van der Waals surface area contributed by atoms with Crippen molar-refractivity contribution in [1.82, 2.24) is 4.90 Å². The molecule has 1 amide bonds. The molecule has 20 heavy (non-hydrogen) atoms. The topological polar surface area (TPSA) is 44.1 Å². The molecule has 0 heterocycles. The zero-order chi connectivity index (χ0) is 14.2. The molecule has 3 heteroatoms. The summed E-state index contributed by atoms with van der Waals surface area (Å²) in [6, 6.07) is 2.15. The average molecular weight is 274 g/mol. The van der Waals surface area contributed by atoms with Crippen LogP contribution in [-0.2, 0) is 4.79 Å².